The highest BCUT2D eigenvalue weighted by atomic mass is 16.3. The van der Waals surface area contributed by atoms with Crippen LogP contribution in [0.5, 0.6) is 0 Å². The van der Waals surface area contributed by atoms with E-state index >= 15 is 0 Å². The summed E-state index contributed by atoms with van der Waals surface area (Å²) >= 11 is 0. The molecular weight excluding hydrogens is 228 g/mol. The molecule has 0 unspecified atom stereocenters. The topological polar surface area (TPSA) is 66.6 Å². The summed E-state index contributed by atoms with van der Waals surface area (Å²) in [5.41, 5.74) is 6.28. The number of hydrogen-bond acceptors (Lipinski definition) is 3. The van der Waals surface area contributed by atoms with Crippen molar-refractivity contribution in [1.29, 1.82) is 0 Å². The highest BCUT2D eigenvalue weighted by molar-refractivity contribution is 5.83. The van der Waals surface area contributed by atoms with Crippen molar-refractivity contribution >= 4 is 5.91 Å². The largest absolute Gasteiger partial charge is 0.386 e. The van der Waals surface area contributed by atoms with Crippen molar-refractivity contribution in [1.82, 2.24) is 4.90 Å². The number of nitrogens with zero attached hydrogens (tertiary/aromatic N) is 1. The Morgan fingerprint density at radius 1 is 1.44 bits per heavy atom. The smallest absolute Gasteiger partial charge is 0.240 e. The lowest BCUT2D eigenvalue weighted by atomic mass is 9.90. The fourth-order valence-corrected chi connectivity index (χ4v) is 2.23. The number of carbonyl (C=O) groups excluding carboxylic acids is 1. The van der Waals surface area contributed by atoms with Crippen molar-refractivity contribution in [2.45, 2.75) is 31.4 Å². The van der Waals surface area contributed by atoms with Crippen LogP contribution in [0.2, 0.25) is 0 Å². The van der Waals surface area contributed by atoms with Gasteiger partial charge < -0.3 is 15.7 Å². The number of benzene rings is 1. The summed E-state index contributed by atoms with van der Waals surface area (Å²) in [6, 6.07) is 9.22. The molecule has 1 amide bonds. The minimum Gasteiger partial charge on any atom is -0.386 e. The van der Waals surface area contributed by atoms with E-state index in [1.165, 1.54) is 0 Å². The highest BCUT2D eigenvalue weighted by Crippen LogP contribution is 2.24. The van der Waals surface area contributed by atoms with Crippen LogP contribution in [0.4, 0.5) is 0 Å². The first-order valence-corrected chi connectivity index (χ1v) is 6.35. The number of β-amino-alcohol motifs (C(OH)–C–C–N with tert-alkyl or cyclic N) is 1. The summed E-state index contributed by atoms with van der Waals surface area (Å²) in [7, 11) is 0. The quantitative estimate of drug-likeness (QED) is 0.817. The van der Waals surface area contributed by atoms with Gasteiger partial charge in [0.25, 0.3) is 0 Å². The lowest BCUT2D eigenvalue weighted by molar-refractivity contribution is -0.157. The molecule has 1 saturated heterocycles. The molecule has 0 saturated carbocycles. The van der Waals surface area contributed by atoms with E-state index < -0.39 is 11.6 Å². The van der Waals surface area contributed by atoms with E-state index in [1.807, 2.05) is 37.3 Å². The minimum atomic E-state index is -0.692. The van der Waals surface area contributed by atoms with E-state index in [-0.39, 0.29) is 5.91 Å². The van der Waals surface area contributed by atoms with E-state index in [1.54, 1.807) is 4.90 Å². The first-order valence-electron chi connectivity index (χ1n) is 6.35. The Hall–Kier alpha value is -1.39. The number of hydrogen-bond donors (Lipinski definition) is 2. The Bertz CT molecular complexity index is 413. The van der Waals surface area contributed by atoms with Gasteiger partial charge in [-0.3, -0.25) is 4.79 Å². The molecule has 4 nitrogen and oxygen atoms in total. The Morgan fingerprint density at radius 2 is 2.06 bits per heavy atom. The number of amides is 1. The number of rotatable bonds is 4. The normalized spacial score (nSPS) is 19.2. The zero-order valence-electron chi connectivity index (χ0n) is 10.7. The third-order valence-corrected chi connectivity index (χ3v) is 3.56. The fraction of sp³-hybridized carbons (Fsp3) is 0.500. The second-order valence-corrected chi connectivity index (χ2v) is 5.07. The van der Waals surface area contributed by atoms with Gasteiger partial charge in [-0.25, -0.2) is 0 Å². The molecule has 2 rings (SSSR count). The molecule has 0 bridgehead atoms. The molecule has 1 atom stereocenters. The summed E-state index contributed by atoms with van der Waals surface area (Å²) in [5, 5.41) is 9.87. The lowest BCUT2D eigenvalue weighted by Crippen LogP contribution is -2.65. The second kappa shape index (κ2) is 5.08. The first-order chi connectivity index (χ1) is 8.54. The molecule has 1 aromatic rings. The van der Waals surface area contributed by atoms with E-state index in [4.69, 9.17) is 5.73 Å². The van der Waals surface area contributed by atoms with Crippen LogP contribution < -0.4 is 5.73 Å². The van der Waals surface area contributed by atoms with Crippen molar-refractivity contribution < 1.29 is 9.90 Å². The van der Waals surface area contributed by atoms with Crippen LogP contribution >= 0.6 is 0 Å². The van der Waals surface area contributed by atoms with Gasteiger partial charge in [0, 0.05) is 0 Å². The van der Waals surface area contributed by atoms with Gasteiger partial charge in [-0.2, -0.15) is 0 Å². The Balaban J connectivity index is 1.87. The van der Waals surface area contributed by atoms with E-state index in [0.717, 1.165) is 5.56 Å². The van der Waals surface area contributed by atoms with Crippen LogP contribution in [0.15, 0.2) is 30.3 Å². The monoisotopic (exact) mass is 248 g/mol. The highest BCUT2D eigenvalue weighted by Gasteiger charge is 2.43. The molecule has 4 heteroatoms. The molecule has 1 aromatic carbocycles. The Labute approximate surface area is 107 Å². The molecule has 3 N–H and O–H groups in total. The van der Waals surface area contributed by atoms with Crippen LogP contribution in [0.3, 0.4) is 0 Å². The summed E-state index contributed by atoms with van der Waals surface area (Å²) in [6.07, 6.45) is 1.21. The molecule has 1 heterocycles. The van der Waals surface area contributed by atoms with Gasteiger partial charge in [0.2, 0.25) is 5.91 Å². The maximum Gasteiger partial charge on any atom is 0.240 e. The lowest BCUT2D eigenvalue weighted by Gasteiger charge is -2.46. The SMILES string of the molecule is CCC1(O)CN(C(=O)[C@@H](N)Cc2ccccc2)C1. The molecule has 0 aliphatic carbocycles. The zero-order chi connectivity index (χ0) is 13.2. The van der Waals surface area contributed by atoms with Crippen LogP contribution in [-0.4, -0.2) is 40.6 Å². The first kappa shape index (κ1) is 13.1. The number of aliphatic hydroxyl groups is 1. The van der Waals surface area contributed by atoms with Gasteiger partial charge in [-0.1, -0.05) is 37.3 Å². The van der Waals surface area contributed by atoms with E-state index in [0.29, 0.717) is 25.9 Å². The summed E-state index contributed by atoms with van der Waals surface area (Å²) in [6.45, 7) is 2.74. The molecule has 1 aliphatic rings. The fourth-order valence-electron chi connectivity index (χ4n) is 2.23. The van der Waals surface area contributed by atoms with E-state index in [2.05, 4.69) is 0 Å². The van der Waals surface area contributed by atoms with Gasteiger partial charge in [0.1, 0.15) is 0 Å². The summed E-state index contributed by atoms with van der Waals surface area (Å²) < 4.78 is 0. The van der Waals surface area contributed by atoms with Crippen LogP contribution in [0, 0.1) is 0 Å². The Kier molecular flexibility index (Phi) is 3.68. The number of likely N-dealkylation sites (tertiary alicyclic amines) is 1. The molecule has 1 fully saturated rings. The third-order valence-electron chi connectivity index (χ3n) is 3.56. The van der Waals surface area contributed by atoms with Crippen LogP contribution in [-0.2, 0) is 11.2 Å². The number of carbonyl (C=O) groups is 1. The van der Waals surface area contributed by atoms with Crippen LogP contribution in [0.1, 0.15) is 18.9 Å². The van der Waals surface area contributed by atoms with Crippen molar-refractivity contribution in [2.24, 2.45) is 5.73 Å². The average Bonchev–Trinajstić information content (AvgIpc) is 2.35. The van der Waals surface area contributed by atoms with Crippen molar-refractivity contribution in [3.05, 3.63) is 35.9 Å². The molecule has 1 aliphatic heterocycles. The Morgan fingerprint density at radius 3 is 2.61 bits per heavy atom. The van der Waals surface area contributed by atoms with Gasteiger partial charge in [-0.05, 0) is 18.4 Å². The number of nitrogens with two attached hydrogens (primary N) is 1. The predicted octanol–water partition coefficient (Wildman–Crippen LogP) is 0.540. The maximum absolute atomic E-state index is 12.0. The zero-order valence-corrected chi connectivity index (χ0v) is 10.7. The molecule has 0 aromatic heterocycles. The molecular formula is C14H20N2O2. The average molecular weight is 248 g/mol. The van der Waals surface area contributed by atoms with E-state index in [9.17, 15) is 9.90 Å². The van der Waals surface area contributed by atoms with Crippen molar-refractivity contribution in [3.8, 4) is 0 Å². The third kappa shape index (κ3) is 2.71. The van der Waals surface area contributed by atoms with Crippen LogP contribution in [0.25, 0.3) is 0 Å². The molecule has 98 valence electrons. The summed E-state index contributed by atoms with van der Waals surface area (Å²) in [4.78, 5) is 13.7. The maximum atomic E-state index is 12.0. The van der Waals surface area contributed by atoms with Gasteiger partial charge in [-0.15, -0.1) is 0 Å². The molecule has 18 heavy (non-hydrogen) atoms. The second-order valence-electron chi connectivity index (χ2n) is 5.07. The molecule has 0 spiro atoms. The molecule has 0 radical (unpaired) electrons. The summed E-state index contributed by atoms with van der Waals surface area (Å²) in [5.74, 6) is -0.0722. The predicted molar refractivity (Wildman–Crippen MR) is 69.9 cm³/mol. The van der Waals surface area contributed by atoms with Gasteiger partial charge in [0.05, 0.1) is 24.7 Å². The van der Waals surface area contributed by atoms with Crippen molar-refractivity contribution in [2.75, 3.05) is 13.1 Å². The minimum absolute atomic E-state index is 0.0722. The van der Waals surface area contributed by atoms with Crippen molar-refractivity contribution in [3.63, 3.8) is 0 Å². The van der Waals surface area contributed by atoms with Gasteiger partial charge >= 0.3 is 0 Å². The standard InChI is InChI=1S/C14H20N2O2/c1-2-14(18)9-16(10-14)13(17)12(15)8-11-6-4-3-5-7-11/h3-7,12,18H,2,8-10,15H2,1H3/t12-/m0/s1. The van der Waals surface area contributed by atoms with Gasteiger partial charge in [0.15, 0.2) is 0 Å².